The molecule has 82 valence electrons. The molecule has 1 unspecified atom stereocenters. The van der Waals surface area contributed by atoms with Crippen molar-refractivity contribution in [2.24, 2.45) is 0 Å². The fourth-order valence-electron chi connectivity index (χ4n) is 1.70. The van der Waals surface area contributed by atoms with E-state index in [1.807, 2.05) is 6.07 Å². The van der Waals surface area contributed by atoms with Gasteiger partial charge in [0.05, 0.1) is 7.11 Å². The highest BCUT2D eigenvalue weighted by atomic mass is 16.5. The normalized spacial score (nSPS) is 17.5. The SMILES string of the molecule is COc1cccc(C(C)CNC2CC2)c1. The van der Waals surface area contributed by atoms with Gasteiger partial charge in [0, 0.05) is 12.6 Å². The molecule has 1 saturated carbocycles. The summed E-state index contributed by atoms with van der Waals surface area (Å²) in [6.45, 7) is 3.32. The largest absolute Gasteiger partial charge is 0.497 e. The minimum atomic E-state index is 0.556. The van der Waals surface area contributed by atoms with Crippen LogP contribution in [0.25, 0.3) is 0 Å². The molecular formula is C13H19NO. The molecule has 15 heavy (non-hydrogen) atoms. The summed E-state index contributed by atoms with van der Waals surface area (Å²) in [5, 5.41) is 3.55. The van der Waals surface area contributed by atoms with Crippen LogP contribution in [0.5, 0.6) is 5.75 Å². The molecular weight excluding hydrogens is 186 g/mol. The lowest BCUT2D eigenvalue weighted by Crippen LogP contribution is -2.21. The molecule has 2 rings (SSSR count). The van der Waals surface area contributed by atoms with Crippen LogP contribution in [0.4, 0.5) is 0 Å². The van der Waals surface area contributed by atoms with Crippen molar-refractivity contribution in [3.05, 3.63) is 29.8 Å². The van der Waals surface area contributed by atoms with Crippen molar-refractivity contribution in [3.63, 3.8) is 0 Å². The first-order chi connectivity index (χ1) is 7.29. The number of benzene rings is 1. The zero-order chi connectivity index (χ0) is 10.7. The molecule has 1 aromatic rings. The zero-order valence-corrected chi connectivity index (χ0v) is 9.49. The molecule has 0 saturated heterocycles. The molecule has 1 aromatic carbocycles. The summed E-state index contributed by atoms with van der Waals surface area (Å²) in [5.74, 6) is 1.51. The highest BCUT2D eigenvalue weighted by Gasteiger charge is 2.21. The summed E-state index contributed by atoms with van der Waals surface area (Å²) in [6.07, 6.45) is 2.70. The molecule has 0 amide bonds. The van der Waals surface area contributed by atoms with Crippen LogP contribution in [0, 0.1) is 0 Å². The third-order valence-electron chi connectivity index (χ3n) is 2.95. The van der Waals surface area contributed by atoms with Gasteiger partial charge >= 0.3 is 0 Å². The third kappa shape index (κ3) is 2.96. The average Bonchev–Trinajstić information content (AvgIpc) is 3.10. The smallest absolute Gasteiger partial charge is 0.119 e. The molecule has 0 radical (unpaired) electrons. The second kappa shape index (κ2) is 4.67. The van der Waals surface area contributed by atoms with E-state index in [1.165, 1.54) is 18.4 Å². The fraction of sp³-hybridized carbons (Fsp3) is 0.538. The number of nitrogens with one attached hydrogen (secondary N) is 1. The Bertz CT molecular complexity index is 320. The maximum absolute atomic E-state index is 5.22. The van der Waals surface area contributed by atoms with E-state index >= 15 is 0 Å². The van der Waals surface area contributed by atoms with Crippen molar-refractivity contribution in [1.29, 1.82) is 0 Å². The summed E-state index contributed by atoms with van der Waals surface area (Å²) >= 11 is 0. The number of methoxy groups -OCH3 is 1. The molecule has 1 aliphatic rings. The second-order valence-electron chi connectivity index (χ2n) is 4.36. The molecule has 1 N–H and O–H groups in total. The Morgan fingerprint density at radius 1 is 1.47 bits per heavy atom. The average molecular weight is 205 g/mol. The number of hydrogen-bond donors (Lipinski definition) is 1. The second-order valence-corrected chi connectivity index (χ2v) is 4.36. The van der Waals surface area contributed by atoms with Gasteiger partial charge in [-0.2, -0.15) is 0 Å². The van der Waals surface area contributed by atoms with Gasteiger partial charge in [-0.1, -0.05) is 19.1 Å². The predicted molar refractivity (Wildman–Crippen MR) is 62.4 cm³/mol. The predicted octanol–water partition coefficient (Wildman–Crippen LogP) is 2.55. The summed E-state index contributed by atoms with van der Waals surface area (Å²) in [4.78, 5) is 0. The first-order valence-electron chi connectivity index (χ1n) is 5.67. The van der Waals surface area contributed by atoms with Crippen molar-refractivity contribution in [2.45, 2.75) is 31.7 Å². The Kier molecular flexibility index (Phi) is 3.27. The standard InChI is InChI=1S/C13H19NO/c1-10(9-14-12-6-7-12)11-4-3-5-13(8-11)15-2/h3-5,8,10,12,14H,6-7,9H2,1-2H3. The highest BCUT2D eigenvalue weighted by molar-refractivity contribution is 5.30. The Morgan fingerprint density at radius 2 is 2.27 bits per heavy atom. The number of ether oxygens (including phenoxy) is 1. The van der Waals surface area contributed by atoms with Crippen molar-refractivity contribution in [2.75, 3.05) is 13.7 Å². The van der Waals surface area contributed by atoms with Crippen molar-refractivity contribution in [1.82, 2.24) is 5.32 Å². The Morgan fingerprint density at radius 3 is 2.93 bits per heavy atom. The monoisotopic (exact) mass is 205 g/mol. The molecule has 0 aliphatic heterocycles. The Labute approximate surface area is 91.6 Å². The molecule has 2 nitrogen and oxygen atoms in total. The maximum Gasteiger partial charge on any atom is 0.119 e. The van der Waals surface area contributed by atoms with Gasteiger partial charge in [-0.25, -0.2) is 0 Å². The molecule has 0 aromatic heterocycles. The van der Waals surface area contributed by atoms with Crippen LogP contribution in [-0.2, 0) is 0 Å². The summed E-state index contributed by atoms with van der Waals surface area (Å²) in [5.41, 5.74) is 1.35. The van der Waals surface area contributed by atoms with E-state index in [1.54, 1.807) is 7.11 Å². The van der Waals surface area contributed by atoms with E-state index in [0.717, 1.165) is 18.3 Å². The van der Waals surface area contributed by atoms with Crippen LogP contribution < -0.4 is 10.1 Å². The Hall–Kier alpha value is -1.02. The Balaban J connectivity index is 1.93. The van der Waals surface area contributed by atoms with Gasteiger partial charge in [-0.3, -0.25) is 0 Å². The van der Waals surface area contributed by atoms with Gasteiger partial charge in [-0.05, 0) is 36.5 Å². The molecule has 0 bridgehead atoms. The maximum atomic E-state index is 5.22. The van der Waals surface area contributed by atoms with E-state index in [2.05, 4.69) is 30.4 Å². The molecule has 0 heterocycles. The van der Waals surface area contributed by atoms with E-state index in [0.29, 0.717) is 5.92 Å². The lowest BCUT2D eigenvalue weighted by Gasteiger charge is -2.13. The van der Waals surface area contributed by atoms with Crippen LogP contribution in [0.1, 0.15) is 31.2 Å². The van der Waals surface area contributed by atoms with Crippen molar-refractivity contribution < 1.29 is 4.74 Å². The van der Waals surface area contributed by atoms with Gasteiger partial charge in [-0.15, -0.1) is 0 Å². The van der Waals surface area contributed by atoms with Gasteiger partial charge in [0.1, 0.15) is 5.75 Å². The van der Waals surface area contributed by atoms with Crippen LogP contribution in [0.3, 0.4) is 0 Å². The number of hydrogen-bond acceptors (Lipinski definition) is 2. The first-order valence-corrected chi connectivity index (χ1v) is 5.67. The minimum absolute atomic E-state index is 0.556. The summed E-state index contributed by atoms with van der Waals surface area (Å²) < 4.78 is 5.22. The van der Waals surface area contributed by atoms with Crippen LogP contribution in [0.15, 0.2) is 24.3 Å². The van der Waals surface area contributed by atoms with Gasteiger partial charge in [0.15, 0.2) is 0 Å². The quantitative estimate of drug-likeness (QED) is 0.797. The highest BCUT2D eigenvalue weighted by Crippen LogP contribution is 2.23. The minimum Gasteiger partial charge on any atom is -0.497 e. The topological polar surface area (TPSA) is 21.3 Å². The first kappa shape index (κ1) is 10.5. The van der Waals surface area contributed by atoms with E-state index < -0.39 is 0 Å². The van der Waals surface area contributed by atoms with Crippen molar-refractivity contribution >= 4 is 0 Å². The molecule has 1 atom stereocenters. The van der Waals surface area contributed by atoms with Crippen LogP contribution >= 0.6 is 0 Å². The van der Waals surface area contributed by atoms with E-state index in [-0.39, 0.29) is 0 Å². The van der Waals surface area contributed by atoms with E-state index in [4.69, 9.17) is 4.74 Å². The zero-order valence-electron chi connectivity index (χ0n) is 9.49. The van der Waals surface area contributed by atoms with Gasteiger partial charge in [0.2, 0.25) is 0 Å². The van der Waals surface area contributed by atoms with Gasteiger partial charge in [0.25, 0.3) is 0 Å². The molecule has 0 spiro atoms. The summed E-state index contributed by atoms with van der Waals surface area (Å²) in [6, 6.07) is 9.13. The lowest BCUT2D eigenvalue weighted by molar-refractivity contribution is 0.413. The fourth-order valence-corrected chi connectivity index (χ4v) is 1.70. The number of rotatable bonds is 5. The van der Waals surface area contributed by atoms with Crippen LogP contribution in [-0.4, -0.2) is 19.7 Å². The molecule has 2 heteroatoms. The third-order valence-corrected chi connectivity index (χ3v) is 2.95. The van der Waals surface area contributed by atoms with Crippen molar-refractivity contribution in [3.8, 4) is 5.75 Å². The molecule has 1 aliphatic carbocycles. The summed E-state index contributed by atoms with van der Waals surface area (Å²) in [7, 11) is 1.71. The van der Waals surface area contributed by atoms with Gasteiger partial charge < -0.3 is 10.1 Å². The lowest BCUT2D eigenvalue weighted by atomic mass is 10.0. The van der Waals surface area contributed by atoms with Crippen LogP contribution in [0.2, 0.25) is 0 Å². The van der Waals surface area contributed by atoms with E-state index in [9.17, 15) is 0 Å². The molecule has 1 fully saturated rings.